The highest BCUT2D eigenvalue weighted by molar-refractivity contribution is 6.00. The molecule has 1 saturated heterocycles. The highest BCUT2D eigenvalue weighted by Gasteiger charge is 2.35. The number of benzene rings is 2. The molecule has 1 N–H and O–H groups in total. The van der Waals surface area contributed by atoms with Gasteiger partial charge >= 0.3 is 6.03 Å². The van der Waals surface area contributed by atoms with Crippen molar-refractivity contribution in [3.05, 3.63) is 54.6 Å². The number of carbonyl (C=O) groups excluding carboxylic acids is 2. The monoisotopic (exact) mass is 351 g/mol. The zero-order valence-corrected chi connectivity index (χ0v) is 15.5. The predicted octanol–water partition coefficient (Wildman–Crippen LogP) is 3.51. The number of anilines is 1. The average Bonchev–Trinajstić information content (AvgIpc) is 2.64. The third-order valence-electron chi connectivity index (χ3n) is 4.61. The molecule has 1 fully saturated rings. The van der Waals surface area contributed by atoms with Crippen molar-refractivity contribution in [3.8, 4) is 11.1 Å². The molecule has 2 aromatic rings. The Bertz CT molecular complexity index is 772. The maximum atomic E-state index is 12.8. The molecule has 26 heavy (non-hydrogen) atoms. The Hall–Kier alpha value is -2.82. The van der Waals surface area contributed by atoms with Crippen molar-refractivity contribution in [3.63, 3.8) is 0 Å². The van der Waals surface area contributed by atoms with Crippen LogP contribution in [0.15, 0.2) is 54.6 Å². The van der Waals surface area contributed by atoms with Crippen LogP contribution in [0.4, 0.5) is 10.5 Å². The maximum Gasteiger partial charge on any atom is 0.318 e. The third kappa shape index (κ3) is 3.72. The maximum absolute atomic E-state index is 12.8. The summed E-state index contributed by atoms with van der Waals surface area (Å²) in [6.45, 7) is 6.63. The lowest BCUT2D eigenvalue weighted by Crippen LogP contribution is -2.60. The number of rotatable bonds is 3. The van der Waals surface area contributed by atoms with Gasteiger partial charge < -0.3 is 15.1 Å². The van der Waals surface area contributed by atoms with Crippen LogP contribution in [0.1, 0.15) is 20.8 Å². The topological polar surface area (TPSA) is 52.7 Å². The fourth-order valence-electron chi connectivity index (χ4n) is 3.20. The molecule has 1 aliphatic heterocycles. The normalized spacial score (nSPS) is 17.5. The van der Waals surface area contributed by atoms with E-state index in [1.165, 1.54) is 0 Å². The minimum atomic E-state index is -0.476. The van der Waals surface area contributed by atoms with E-state index in [4.69, 9.17) is 0 Å². The highest BCUT2D eigenvalue weighted by Crippen LogP contribution is 2.25. The zero-order valence-electron chi connectivity index (χ0n) is 15.5. The lowest BCUT2D eigenvalue weighted by Gasteiger charge is -2.39. The van der Waals surface area contributed by atoms with Crippen LogP contribution < -0.4 is 10.2 Å². The number of hydrogen-bond donors (Lipinski definition) is 1. The van der Waals surface area contributed by atoms with Gasteiger partial charge in [0.2, 0.25) is 5.91 Å². The first-order valence-corrected chi connectivity index (χ1v) is 9.01. The molecule has 0 aliphatic carbocycles. The Morgan fingerprint density at radius 1 is 1.00 bits per heavy atom. The number of piperazine rings is 1. The van der Waals surface area contributed by atoms with Gasteiger partial charge in [0.05, 0.1) is 0 Å². The van der Waals surface area contributed by atoms with Gasteiger partial charge in [-0.2, -0.15) is 0 Å². The molecule has 1 heterocycles. The predicted molar refractivity (Wildman–Crippen MR) is 104 cm³/mol. The summed E-state index contributed by atoms with van der Waals surface area (Å²) >= 11 is 0. The first-order chi connectivity index (χ1) is 12.5. The highest BCUT2D eigenvalue weighted by atomic mass is 16.2. The number of carbonyl (C=O) groups is 2. The first kappa shape index (κ1) is 18.0. The van der Waals surface area contributed by atoms with Gasteiger partial charge in [-0.25, -0.2) is 4.79 Å². The Balaban J connectivity index is 1.73. The Morgan fingerprint density at radius 3 is 2.23 bits per heavy atom. The Morgan fingerprint density at radius 2 is 1.62 bits per heavy atom. The van der Waals surface area contributed by atoms with E-state index in [0.717, 1.165) is 16.8 Å². The fourth-order valence-corrected chi connectivity index (χ4v) is 3.20. The van der Waals surface area contributed by atoms with E-state index >= 15 is 0 Å². The van der Waals surface area contributed by atoms with E-state index in [2.05, 4.69) is 17.4 Å². The van der Waals surface area contributed by atoms with Gasteiger partial charge in [-0.05, 0) is 44.0 Å². The van der Waals surface area contributed by atoms with Crippen LogP contribution in [0, 0.1) is 0 Å². The molecule has 3 amide bonds. The average molecular weight is 351 g/mol. The lowest BCUT2D eigenvalue weighted by atomic mass is 10.0. The third-order valence-corrected chi connectivity index (χ3v) is 4.61. The summed E-state index contributed by atoms with van der Waals surface area (Å²) in [6.07, 6.45) is 0. The van der Waals surface area contributed by atoms with E-state index in [9.17, 15) is 9.59 Å². The number of nitrogens with zero attached hydrogens (tertiary/aromatic N) is 2. The second-order valence-corrected chi connectivity index (χ2v) is 6.88. The van der Waals surface area contributed by atoms with Crippen LogP contribution in [-0.4, -0.2) is 42.0 Å². The van der Waals surface area contributed by atoms with E-state index < -0.39 is 6.04 Å². The van der Waals surface area contributed by atoms with Crippen molar-refractivity contribution in [2.75, 3.05) is 18.0 Å². The molecular formula is C21H25N3O2. The lowest BCUT2D eigenvalue weighted by molar-refractivity contribution is -0.124. The van der Waals surface area contributed by atoms with Crippen LogP contribution in [0.2, 0.25) is 0 Å². The van der Waals surface area contributed by atoms with Gasteiger partial charge in [0.25, 0.3) is 0 Å². The first-order valence-electron chi connectivity index (χ1n) is 9.01. The van der Waals surface area contributed by atoms with Gasteiger partial charge in [0.15, 0.2) is 0 Å². The van der Waals surface area contributed by atoms with E-state index in [-0.39, 0.29) is 18.0 Å². The van der Waals surface area contributed by atoms with Crippen molar-refractivity contribution < 1.29 is 9.59 Å². The van der Waals surface area contributed by atoms with Crippen molar-refractivity contribution in [2.24, 2.45) is 0 Å². The van der Waals surface area contributed by atoms with Crippen LogP contribution >= 0.6 is 0 Å². The van der Waals surface area contributed by atoms with Crippen molar-refractivity contribution in [1.29, 1.82) is 0 Å². The van der Waals surface area contributed by atoms with Crippen LogP contribution in [-0.2, 0) is 4.79 Å². The van der Waals surface area contributed by atoms with Gasteiger partial charge in [0.1, 0.15) is 6.04 Å². The van der Waals surface area contributed by atoms with Crippen LogP contribution in [0.5, 0.6) is 0 Å². The summed E-state index contributed by atoms with van der Waals surface area (Å²) in [7, 11) is 0. The van der Waals surface area contributed by atoms with Crippen LogP contribution in [0.25, 0.3) is 11.1 Å². The van der Waals surface area contributed by atoms with Gasteiger partial charge in [-0.1, -0.05) is 42.5 Å². The standard InChI is InChI=1S/C21H25N3O2/c1-15(2)22-21(26)23-13-14-24(20(25)16(23)3)19-11-9-18(10-12-19)17-7-5-4-6-8-17/h4-12,15-16H,13-14H2,1-3H3,(H,22,26)/t16-/m0/s1. The van der Waals surface area contributed by atoms with Crippen molar-refractivity contribution in [1.82, 2.24) is 10.2 Å². The zero-order chi connectivity index (χ0) is 18.7. The molecule has 0 saturated carbocycles. The molecule has 1 aliphatic rings. The molecule has 136 valence electrons. The molecule has 0 bridgehead atoms. The number of nitrogens with one attached hydrogen (secondary N) is 1. The molecule has 0 radical (unpaired) electrons. The van der Waals surface area contributed by atoms with E-state index in [1.54, 1.807) is 16.7 Å². The number of urea groups is 1. The Kier molecular flexibility index (Phi) is 5.26. The summed E-state index contributed by atoms with van der Waals surface area (Å²) in [5.74, 6) is -0.0531. The molecular weight excluding hydrogens is 326 g/mol. The fraction of sp³-hybridized carbons (Fsp3) is 0.333. The molecule has 3 rings (SSSR count). The summed E-state index contributed by atoms with van der Waals surface area (Å²) in [5, 5.41) is 2.86. The molecule has 5 heteroatoms. The molecule has 5 nitrogen and oxygen atoms in total. The quantitative estimate of drug-likeness (QED) is 0.920. The van der Waals surface area contributed by atoms with E-state index in [0.29, 0.717) is 13.1 Å². The summed E-state index contributed by atoms with van der Waals surface area (Å²) in [6, 6.07) is 17.5. The van der Waals surface area contributed by atoms with Crippen LogP contribution in [0.3, 0.4) is 0 Å². The Labute approximate surface area is 154 Å². The van der Waals surface area contributed by atoms with Crippen molar-refractivity contribution >= 4 is 17.6 Å². The van der Waals surface area contributed by atoms with E-state index in [1.807, 2.05) is 56.3 Å². The summed E-state index contributed by atoms with van der Waals surface area (Å²) in [4.78, 5) is 28.4. The smallest absolute Gasteiger partial charge is 0.318 e. The largest absolute Gasteiger partial charge is 0.336 e. The molecule has 1 atom stereocenters. The van der Waals surface area contributed by atoms with Crippen molar-refractivity contribution in [2.45, 2.75) is 32.9 Å². The second-order valence-electron chi connectivity index (χ2n) is 6.88. The summed E-state index contributed by atoms with van der Waals surface area (Å²) in [5.41, 5.74) is 3.13. The minimum Gasteiger partial charge on any atom is -0.336 e. The molecule has 0 aromatic heterocycles. The van der Waals surface area contributed by atoms with Gasteiger partial charge in [-0.15, -0.1) is 0 Å². The van der Waals surface area contributed by atoms with Gasteiger partial charge in [-0.3, -0.25) is 4.79 Å². The number of amides is 3. The SMILES string of the molecule is CC(C)NC(=O)N1CCN(c2ccc(-c3ccccc3)cc2)C(=O)[C@@H]1C. The van der Waals surface area contributed by atoms with Gasteiger partial charge in [0, 0.05) is 24.8 Å². The second kappa shape index (κ2) is 7.60. The number of hydrogen-bond acceptors (Lipinski definition) is 2. The minimum absolute atomic E-state index is 0.0494. The molecule has 0 spiro atoms. The molecule has 0 unspecified atom stereocenters. The molecule has 2 aromatic carbocycles. The summed E-state index contributed by atoms with van der Waals surface area (Å²) < 4.78 is 0.